The largest absolute Gasteiger partial charge is 0.480 e. The first kappa shape index (κ1) is 13.5. The molecule has 0 aliphatic heterocycles. The van der Waals surface area contributed by atoms with Crippen LogP contribution in [0.1, 0.15) is 23.2 Å². The number of carboxylic acids is 1. The Morgan fingerprint density at radius 2 is 2.00 bits per heavy atom. The van der Waals surface area contributed by atoms with Gasteiger partial charge in [-0.1, -0.05) is 15.9 Å². The predicted molar refractivity (Wildman–Crippen MR) is 67.9 cm³/mol. The van der Waals surface area contributed by atoms with Crippen LogP contribution in [0.3, 0.4) is 0 Å². The molecule has 1 fully saturated rings. The number of benzene rings is 1. The van der Waals surface area contributed by atoms with Gasteiger partial charge < -0.3 is 10.4 Å². The molecule has 0 saturated heterocycles. The van der Waals surface area contributed by atoms with Crippen molar-refractivity contribution in [3.63, 3.8) is 0 Å². The number of aliphatic carboxylic acids is 1. The van der Waals surface area contributed by atoms with Crippen molar-refractivity contribution in [1.29, 1.82) is 0 Å². The first-order chi connectivity index (χ1) is 8.84. The molecule has 1 aliphatic rings. The lowest BCUT2D eigenvalue weighted by atomic mass is 10.1. The fraction of sp³-hybridized carbons (Fsp3) is 0.273. The maximum atomic E-state index is 11.9. The van der Waals surface area contributed by atoms with Crippen LogP contribution < -0.4 is 5.32 Å². The normalized spacial score (nSPS) is 15.6. The van der Waals surface area contributed by atoms with Crippen molar-refractivity contribution in [2.24, 2.45) is 0 Å². The van der Waals surface area contributed by atoms with Crippen LogP contribution in [-0.4, -0.2) is 27.4 Å². The number of nitrogens with one attached hydrogen (secondary N) is 1. The summed E-state index contributed by atoms with van der Waals surface area (Å²) in [5.74, 6) is -1.73. The molecule has 1 aliphatic carbocycles. The summed E-state index contributed by atoms with van der Waals surface area (Å²) in [5, 5.41) is 22.1. The molecule has 100 valence electrons. The Hall–Kier alpha value is -1.96. The molecule has 0 radical (unpaired) electrons. The number of halogens is 1. The van der Waals surface area contributed by atoms with Crippen LogP contribution in [0.5, 0.6) is 0 Å². The fourth-order valence-electron chi connectivity index (χ4n) is 1.62. The molecule has 8 heteroatoms. The Kier molecular flexibility index (Phi) is 3.27. The summed E-state index contributed by atoms with van der Waals surface area (Å²) in [7, 11) is 0. The summed E-state index contributed by atoms with van der Waals surface area (Å²) in [6.07, 6.45) is 0.730. The van der Waals surface area contributed by atoms with Gasteiger partial charge in [0.1, 0.15) is 5.54 Å². The van der Waals surface area contributed by atoms with E-state index in [9.17, 15) is 19.7 Å². The molecule has 1 saturated carbocycles. The number of carbonyl (C=O) groups excluding carboxylic acids is 1. The van der Waals surface area contributed by atoms with Gasteiger partial charge in [-0.15, -0.1) is 0 Å². The van der Waals surface area contributed by atoms with Crippen molar-refractivity contribution in [3.05, 3.63) is 38.3 Å². The number of nitrogens with zero attached hydrogens (tertiary/aromatic N) is 1. The highest BCUT2D eigenvalue weighted by atomic mass is 79.9. The van der Waals surface area contributed by atoms with E-state index >= 15 is 0 Å². The minimum atomic E-state index is -1.21. The molecule has 0 bridgehead atoms. The Bertz CT molecular complexity index is 582. The summed E-state index contributed by atoms with van der Waals surface area (Å²) in [6, 6.07) is 3.78. The molecular formula is C11H9BrN2O5. The number of carbonyl (C=O) groups is 2. The summed E-state index contributed by atoms with van der Waals surface area (Å²) < 4.78 is 0.382. The number of rotatable bonds is 4. The number of non-ortho nitro benzene ring substituents is 1. The first-order valence-corrected chi connectivity index (χ1v) is 6.14. The van der Waals surface area contributed by atoms with E-state index in [2.05, 4.69) is 21.2 Å². The van der Waals surface area contributed by atoms with E-state index in [1.807, 2.05) is 0 Å². The van der Waals surface area contributed by atoms with Crippen molar-refractivity contribution in [2.45, 2.75) is 18.4 Å². The van der Waals surface area contributed by atoms with Crippen LogP contribution in [0.15, 0.2) is 22.7 Å². The number of carboxylic acid groups (broad SMARTS) is 1. The Morgan fingerprint density at radius 3 is 2.47 bits per heavy atom. The third-order valence-electron chi connectivity index (χ3n) is 2.87. The molecule has 0 heterocycles. The fourth-order valence-corrected chi connectivity index (χ4v) is 2.10. The molecule has 7 nitrogen and oxygen atoms in total. The molecule has 0 spiro atoms. The van der Waals surface area contributed by atoms with E-state index in [-0.39, 0.29) is 11.3 Å². The zero-order chi connectivity index (χ0) is 14.2. The van der Waals surface area contributed by atoms with Gasteiger partial charge in [0.25, 0.3) is 11.6 Å². The lowest BCUT2D eigenvalue weighted by molar-refractivity contribution is -0.385. The minimum Gasteiger partial charge on any atom is -0.480 e. The van der Waals surface area contributed by atoms with E-state index in [4.69, 9.17) is 5.11 Å². The van der Waals surface area contributed by atoms with Crippen LogP contribution in [0.25, 0.3) is 0 Å². The predicted octanol–water partition coefficient (Wildman–Crippen LogP) is 1.70. The second kappa shape index (κ2) is 4.61. The van der Waals surface area contributed by atoms with Crippen molar-refractivity contribution in [3.8, 4) is 0 Å². The van der Waals surface area contributed by atoms with Crippen molar-refractivity contribution in [1.82, 2.24) is 5.32 Å². The van der Waals surface area contributed by atoms with Gasteiger partial charge in [-0.25, -0.2) is 4.79 Å². The summed E-state index contributed by atoms with van der Waals surface area (Å²) >= 11 is 3.07. The van der Waals surface area contributed by atoms with Crippen molar-refractivity contribution in [2.75, 3.05) is 0 Å². The first-order valence-electron chi connectivity index (χ1n) is 5.35. The highest BCUT2D eigenvalue weighted by Crippen LogP contribution is 2.36. The molecular weight excluding hydrogens is 320 g/mol. The number of amides is 1. The number of nitro benzene ring substituents is 1. The molecule has 19 heavy (non-hydrogen) atoms. The molecule has 0 atom stereocenters. The van der Waals surface area contributed by atoms with Crippen LogP contribution in [-0.2, 0) is 4.79 Å². The average molecular weight is 329 g/mol. The van der Waals surface area contributed by atoms with Gasteiger partial charge in [-0.3, -0.25) is 14.9 Å². The second-order valence-electron chi connectivity index (χ2n) is 4.30. The summed E-state index contributed by atoms with van der Waals surface area (Å²) in [6.45, 7) is 0. The highest BCUT2D eigenvalue weighted by molar-refractivity contribution is 9.10. The number of nitro groups is 1. The molecule has 1 aromatic rings. The van der Waals surface area contributed by atoms with Crippen LogP contribution in [0, 0.1) is 10.1 Å². The zero-order valence-corrected chi connectivity index (χ0v) is 11.1. The van der Waals surface area contributed by atoms with E-state index in [1.165, 1.54) is 12.1 Å². The Balaban J connectivity index is 2.25. The molecule has 0 unspecified atom stereocenters. The highest BCUT2D eigenvalue weighted by Gasteiger charge is 2.51. The second-order valence-corrected chi connectivity index (χ2v) is 5.21. The van der Waals surface area contributed by atoms with E-state index in [0.717, 1.165) is 6.07 Å². The monoisotopic (exact) mass is 328 g/mol. The van der Waals surface area contributed by atoms with Gasteiger partial charge >= 0.3 is 5.97 Å². The topological polar surface area (TPSA) is 110 Å². The molecule has 2 rings (SSSR count). The molecule has 2 N–H and O–H groups in total. The lowest BCUT2D eigenvalue weighted by Gasteiger charge is -2.12. The van der Waals surface area contributed by atoms with Gasteiger partial charge in [-0.2, -0.15) is 0 Å². The number of hydrogen-bond acceptors (Lipinski definition) is 4. The minimum absolute atomic E-state index is 0.0496. The maximum Gasteiger partial charge on any atom is 0.329 e. The number of hydrogen-bond donors (Lipinski definition) is 2. The maximum absolute atomic E-state index is 11.9. The van der Waals surface area contributed by atoms with Crippen molar-refractivity contribution >= 4 is 33.5 Å². The van der Waals surface area contributed by atoms with Gasteiger partial charge in [0.15, 0.2) is 0 Å². The van der Waals surface area contributed by atoms with E-state index in [0.29, 0.717) is 17.3 Å². The quantitative estimate of drug-likeness (QED) is 0.645. The van der Waals surface area contributed by atoms with Gasteiger partial charge in [0, 0.05) is 22.2 Å². The molecule has 1 aromatic carbocycles. The smallest absolute Gasteiger partial charge is 0.329 e. The lowest BCUT2D eigenvalue weighted by Crippen LogP contribution is -2.43. The van der Waals surface area contributed by atoms with E-state index in [1.54, 1.807) is 0 Å². The SMILES string of the molecule is O=C(NC1(C(=O)O)CC1)c1cc(Br)cc([N+](=O)[O-])c1. The zero-order valence-electron chi connectivity index (χ0n) is 9.55. The Morgan fingerprint density at radius 1 is 1.37 bits per heavy atom. The average Bonchev–Trinajstić information content (AvgIpc) is 3.09. The molecule has 0 aromatic heterocycles. The molecule has 1 amide bonds. The summed E-state index contributed by atoms with van der Waals surface area (Å²) in [4.78, 5) is 32.9. The van der Waals surface area contributed by atoms with Crippen LogP contribution in [0.4, 0.5) is 5.69 Å². The van der Waals surface area contributed by atoms with Gasteiger partial charge in [-0.05, 0) is 18.9 Å². The van der Waals surface area contributed by atoms with Gasteiger partial charge in [0.2, 0.25) is 0 Å². The van der Waals surface area contributed by atoms with Gasteiger partial charge in [0.05, 0.1) is 4.92 Å². The Labute approximate surface area is 115 Å². The van der Waals surface area contributed by atoms with Crippen LogP contribution >= 0.6 is 15.9 Å². The van der Waals surface area contributed by atoms with Crippen LogP contribution in [0.2, 0.25) is 0 Å². The third-order valence-corrected chi connectivity index (χ3v) is 3.33. The van der Waals surface area contributed by atoms with E-state index < -0.39 is 22.3 Å². The summed E-state index contributed by atoms with van der Waals surface area (Å²) in [5.41, 5.74) is -1.40. The van der Waals surface area contributed by atoms with Crippen molar-refractivity contribution < 1.29 is 19.6 Å². The third kappa shape index (κ3) is 2.73. The standard InChI is InChI=1S/C11H9BrN2O5/c12-7-3-6(4-8(5-7)14(18)19)9(15)13-11(1-2-11)10(16)17/h3-5H,1-2H2,(H,13,15)(H,16,17).